The first-order valence-electron chi connectivity index (χ1n) is 6.87. The van der Waals surface area contributed by atoms with Gasteiger partial charge in [0.2, 0.25) is 0 Å². The van der Waals surface area contributed by atoms with Crippen molar-refractivity contribution in [1.82, 2.24) is 0 Å². The monoisotopic (exact) mass is 243 g/mol. The molecule has 0 spiro atoms. The van der Waals surface area contributed by atoms with Gasteiger partial charge in [0.1, 0.15) is 0 Å². The summed E-state index contributed by atoms with van der Waals surface area (Å²) >= 11 is 2.07. The fourth-order valence-electron chi connectivity index (χ4n) is 3.03. The van der Waals surface area contributed by atoms with Crippen LogP contribution in [0.5, 0.6) is 0 Å². The highest BCUT2D eigenvalue weighted by atomic mass is 32.2. The summed E-state index contributed by atoms with van der Waals surface area (Å²) in [5.74, 6) is 4.30. The van der Waals surface area contributed by atoms with Gasteiger partial charge in [-0.15, -0.1) is 0 Å². The SMILES string of the molecule is CCSCCCC1CC(C)(C)CCC1CN. The van der Waals surface area contributed by atoms with Crippen LogP contribution in [0.25, 0.3) is 0 Å². The molecule has 1 saturated carbocycles. The van der Waals surface area contributed by atoms with Gasteiger partial charge in [-0.05, 0) is 67.4 Å². The first-order chi connectivity index (χ1) is 7.59. The summed E-state index contributed by atoms with van der Waals surface area (Å²) in [7, 11) is 0. The molecule has 2 unspecified atom stereocenters. The van der Waals surface area contributed by atoms with Crippen molar-refractivity contribution in [3.63, 3.8) is 0 Å². The van der Waals surface area contributed by atoms with Crippen LogP contribution < -0.4 is 5.73 Å². The van der Waals surface area contributed by atoms with E-state index >= 15 is 0 Å². The topological polar surface area (TPSA) is 26.0 Å². The Labute approximate surface area is 106 Å². The van der Waals surface area contributed by atoms with E-state index in [2.05, 4.69) is 32.5 Å². The highest BCUT2D eigenvalue weighted by Crippen LogP contribution is 2.43. The zero-order chi connectivity index (χ0) is 12.0. The largest absolute Gasteiger partial charge is 0.330 e. The minimum absolute atomic E-state index is 0.564. The van der Waals surface area contributed by atoms with Gasteiger partial charge in [0, 0.05) is 0 Å². The molecule has 1 rings (SSSR count). The van der Waals surface area contributed by atoms with Gasteiger partial charge in [0.05, 0.1) is 0 Å². The molecule has 1 fully saturated rings. The van der Waals surface area contributed by atoms with Crippen molar-refractivity contribution in [3.05, 3.63) is 0 Å². The third-order valence-corrected chi connectivity index (χ3v) is 5.03. The van der Waals surface area contributed by atoms with Crippen LogP contribution in [0.1, 0.15) is 52.9 Å². The minimum Gasteiger partial charge on any atom is -0.330 e. The summed E-state index contributed by atoms with van der Waals surface area (Å²) in [5.41, 5.74) is 6.47. The molecule has 0 aromatic heterocycles. The van der Waals surface area contributed by atoms with Gasteiger partial charge in [0.25, 0.3) is 0 Å². The Morgan fingerprint density at radius 2 is 2.06 bits per heavy atom. The summed E-state index contributed by atoms with van der Waals surface area (Å²) in [6.07, 6.45) is 6.91. The summed E-state index contributed by atoms with van der Waals surface area (Å²) in [6, 6.07) is 0. The van der Waals surface area contributed by atoms with Crippen molar-refractivity contribution in [2.24, 2.45) is 23.0 Å². The third kappa shape index (κ3) is 4.67. The molecule has 1 aliphatic rings. The molecule has 2 atom stereocenters. The highest BCUT2D eigenvalue weighted by Gasteiger charge is 2.33. The van der Waals surface area contributed by atoms with Crippen molar-refractivity contribution < 1.29 is 0 Å². The van der Waals surface area contributed by atoms with Crippen molar-refractivity contribution in [3.8, 4) is 0 Å². The summed E-state index contributed by atoms with van der Waals surface area (Å²) in [5, 5.41) is 0. The summed E-state index contributed by atoms with van der Waals surface area (Å²) in [4.78, 5) is 0. The molecule has 0 amide bonds. The number of hydrogen-bond donors (Lipinski definition) is 1. The lowest BCUT2D eigenvalue weighted by Gasteiger charge is -2.40. The lowest BCUT2D eigenvalue weighted by atomic mass is 9.66. The van der Waals surface area contributed by atoms with Crippen molar-refractivity contribution in [2.45, 2.75) is 52.9 Å². The maximum Gasteiger partial charge on any atom is -0.00462 e. The van der Waals surface area contributed by atoms with Crippen LogP contribution in [0.3, 0.4) is 0 Å². The van der Waals surface area contributed by atoms with Gasteiger partial charge in [0.15, 0.2) is 0 Å². The molecule has 2 heteroatoms. The van der Waals surface area contributed by atoms with E-state index in [-0.39, 0.29) is 0 Å². The van der Waals surface area contributed by atoms with Crippen molar-refractivity contribution >= 4 is 11.8 Å². The number of nitrogens with two attached hydrogens (primary N) is 1. The lowest BCUT2D eigenvalue weighted by Crippen LogP contribution is -2.34. The van der Waals surface area contributed by atoms with E-state index in [1.54, 1.807) is 0 Å². The molecule has 2 N–H and O–H groups in total. The first kappa shape index (κ1) is 14.4. The Hall–Kier alpha value is 0.310. The number of hydrogen-bond acceptors (Lipinski definition) is 2. The van der Waals surface area contributed by atoms with Gasteiger partial charge in [-0.25, -0.2) is 0 Å². The molecule has 96 valence electrons. The van der Waals surface area contributed by atoms with Crippen LogP contribution in [0, 0.1) is 17.3 Å². The average molecular weight is 243 g/mol. The van der Waals surface area contributed by atoms with Crippen LogP contribution in [-0.4, -0.2) is 18.1 Å². The Bertz CT molecular complexity index is 191. The fourth-order valence-corrected chi connectivity index (χ4v) is 3.69. The van der Waals surface area contributed by atoms with Crippen LogP contribution in [-0.2, 0) is 0 Å². The van der Waals surface area contributed by atoms with Crippen LogP contribution in [0.2, 0.25) is 0 Å². The van der Waals surface area contributed by atoms with Gasteiger partial charge < -0.3 is 5.73 Å². The Balaban J connectivity index is 2.34. The molecular formula is C14H29NS. The van der Waals surface area contributed by atoms with Gasteiger partial charge in [-0.1, -0.05) is 20.8 Å². The minimum atomic E-state index is 0.564. The highest BCUT2D eigenvalue weighted by molar-refractivity contribution is 7.99. The van der Waals surface area contributed by atoms with E-state index in [4.69, 9.17) is 5.73 Å². The number of thioether (sulfide) groups is 1. The second-order valence-electron chi connectivity index (χ2n) is 6.00. The third-order valence-electron chi connectivity index (χ3n) is 4.04. The zero-order valence-corrected chi connectivity index (χ0v) is 12.1. The standard InChI is InChI=1S/C14H29NS/c1-4-16-9-5-6-12-10-14(2,3)8-7-13(12)11-15/h12-13H,4-11,15H2,1-3H3. The first-order valence-corrected chi connectivity index (χ1v) is 8.02. The quantitative estimate of drug-likeness (QED) is 0.716. The molecule has 0 aromatic rings. The maximum absolute atomic E-state index is 5.91. The van der Waals surface area contributed by atoms with E-state index in [0.717, 1.165) is 18.4 Å². The second-order valence-corrected chi connectivity index (χ2v) is 7.40. The van der Waals surface area contributed by atoms with E-state index < -0.39 is 0 Å². The molecular weight excluding hydrogens is 214 g/mol. The molecule has 0 saturated heterocycles. The van der Waals surface area contributed by atoms with Crippen LogP contribution in [0.4, 0.5) is 0 Å². The van der Waals surface area contributed by atoms with Crippen molar-refractivity contribution in [1.29, 1.82) is 0 Å². The van der Waals surface area contributed by atoms with Crippen molar-refractivity contribution in [2.75, 3.05) is 18.1 Å². The molecule has 16 heavy (non-hydrogen) atoms. The Morgan fingerprint density at radius 3 is 2.69 bits per heavy atom. The van der Waals surface area contributed by atoms with Crippen LogP contribution >= 0.6 is 11.8 Å². The molecule has 0 radical (unpaired) electrons. The second kappa shape index (κ2) is 6.90. The number of rotatable bonds is 6. The van der Waals surface area contributed by atoms with Crippen LogP contribution in [0.15, 0.2) is 0 Å². The molecule has 1 aliphatic carbocycles. The summed E-state index contributed by atoms with van der Waals surface area (Å²) in [6.45, 7) is 8.00. The zero-order valence-electron chi connectivity index (χ0n) is 11.3. The smallest absolute Gasteiger partial charge is 0.00462 e. The Kier molecular flexibility index (Phi) is 6.20. The summed E-state index contributed by atoms with van der Waals surface area (Å²) < 4.78 is 0. The lowest BCUT2D eigenvalue weighted by molar-refractivity contribution is 0.115. The van der Waals surface area contributed by atoms with E-state index in [1.165, 1.54) is 43.6 Å². The normalized spacial score (nSPS) is 29.2. The molecule has 1 nitrogen and oxygen atoms in total. The molecule has 0 bridgehead atoms. The average Bonchev–Trinajstić information content (AvgIpc) is 2.24. The molecule has 0 heterocycles. The molecule has 0 aromatic carbocycles. The Morgan fingerprint density at radius 1 is 1.31 bits per heavy atom. The predicted octanol–water partition coefficient (Wildman–Crippen LogP) is 3.92. The van der Waals surface area contributed by atoms with E-state index in [9.17, 15) is 0 Å². The van der Waals surface area contributed by atoms with E-state index in [1.807, 2.05) is 0 Å². The van der Waals surface area contributed by atoms with Gasteiger partial charge in [-0.3, -0.25) is 0 Å². The van der Waals surface area contributed by atoms with E-state index in [0.29, 0.717) is 5.41 Å². The fraction of sp³-hybridized carbons (Fsp3) is 1.00. The molecule has 0 aliphatic heterocycles. The predicted molar refractivity (Wildman–Crippen MR) is 75.9 cm³/mol. The van der Waals surface area contributed by atoms with Gasteiger partial charge >= 0.3 is 0 Å². The maximum atomic E-state index is 5.91. The van der Waals surface area contributed by atoms with Gasteiger partial charge in [-0.2, -0.15) is 11.8 Å².